The number of carbonyl (C=O) groups is 1. The van der Waals surface area contributed by atoms with Crippen LogP contribution in [0.3, 0.4) is 0 Å². The molecule has 0 bridgehead atoms. The lowest BCUT2D eigenvalue weighted by atomic mass is 10.1. The van der Waals surface area contributed by atoms with E-state index in [1.807, 2.05) is 49.9 Å². The van der Waals surface area contributed by atoms with Crippen molar-refractivity contribution >= 4 is 16.9 Å². The molecule has 0 spiro atoms. The summed E-state index contributed by atoms with van der Waals surface area (Å²) >= 11 is 0. The van der Waals surface area contributed by atoms with Gasteiger partial charge in [0.05, 0.1) is 12.2 Å². The molecule has 2 aromatic heterocycles. The molecule has 0 aliphatic rings. The Labute approximate surface area is 148 Å². The average molecular weight is 336 g/mol. The van der Waals surface area contributed by atoms with Crippen LogP contribution in [0.1, 0.15) is 37.9 Å². The van der Waals surface area contributed by atoms with E-state index in [9.17, 15) is 4.79 Å². The molecular formula is C20H24N4O. The lowest BCUT2D eigenvalue weighted by Crippen LogP contribution is -2.41. The fraction of sp³-hybridized carbons (Fsp3) is 0.350. The Morgan fingerprint density at radius 3 is 2.56 bits per heavy atom. The lowest BCUT2D eigenvalue weighted by Gasteiger charge is -2.33. The second kappa shape index (κ2) is 7.05. The van der Waals surface area contributed by atoms with Gasteiger partial charge in [0.15, 0.2) is 5.65 Å². The molecule has 5 nitrogen and oxygen atoms in total. The summed E-state index contributed by atoms with van der Waals surface area (Å²) in [4.78, 5) is 19.4. The molecule has 130 valence electrons. The summed E-state index contributed by atoms with van der Waals surface area (Å²) in [5.41, 5.74) is 2.96. The van der Waals surface area contributed by atoms with Crippen LogP contribution in [-0.4, -0.2) is 31.6 Å². The minimum Gasteiger partial charge on any atom is -0.332 e. The minimum absolute atomic E-state index is 0.00531. The van der Waals surface area contributed by atoms with E-state index in [4.69, 9.17) is 0 Å². The molecule has 25 heavy (non-hydrogen) atoms. The highest BCUT2D eigenvalue weighted by Crippen LogP contribution is 2.23. The molecule has 0 radical (unpaired) electrons. The number of amides is 1. The fourth-order valence-corrected chi connectivity index (χ4v) is 3.25. The van der Waals surface area contributed by atoms with Gasteiger partial charge in [0.25, 0.3) is 0 Å². The van der Waals surface area contributed by atoms with Crippen LogP contribution in [0.2, 0.25) is 0 Å². The molecule has 3 aromatic rings. The quantitative estimate of drug-likeness (QED) is 0.713. The number of rotatable bonds is 5. The molecule has 0 N–H and O–H groups in total. The van der Waals surface area contributed by atoms with Crippen molar-refractivity contribution in [3.8, 4) is 0 Å². The van der Waals surface area contributed by atoms with E-state index in [1.54, 1.807) is 17.1 Å². The van der Waals surface area contributed by atoms with Gasteiger partial charge in [-0.2, -0.15) is 5.10 Å². The zero-order chi connectivity index (χ0) is 18.0. The highest BCUT2D eigenvalue weighted by Gasteiger charge is 2.25. The van der Waals surface area contributed by atoms with Gasteiger partial charge in [-0.25, -0.2) is 9.67 Å². The topological polar surface area (TPSA) is 51.0 Å². The summed E-state index contributed by atoms with van der Waals surface area (Å²) in [5.74, 6) is 0.0405. The SMILES string of the molecule is Cc1cnc2c(cnn2CC(=O)N(C(C)C)C(C)c2ccccc2)c1. The Morgan fingerprint density at radius 2 is 1.88 bits per heavy atom. The molecule has 0 aliphatic heterocycles. The van der Waals surface area contributed by atoms with Crippen molar-refractivity contribution < 1.29 is 4.79 Å². The van der Waals surface area contributed by atoms with E-state index in [-0.39, 0.29) is 24.5 Å². The monoisotopic (exact) mass is 336 g/mol. The first-order valence-electron chi connectivity index (χ1n) is 8.61. The Balaban J connectivity index is 1.85. The van der Waals surface area contributed by atoms with E-state index in [1.165, 1.54) is 0 Å². The first-order valence-corrected chi connectivity index (χ1v) is 8.61. The molecule has 1 unspecified atom stereocenters. The molecule has 0 fully saturated rings. The summed E-state index contributed by atoms with van der Waals surface area (Å²) in [7, 11) is 0. The van der Waals surface area contributed by atoms with Crippen LogP contribution in [0.15, 0.2) is 48.8 Å². The molecule has 5 heteroatoms. The number of aryl methyl sites for hydroxylation is 1. The standard InChI is InChI=1S/C20H24N4O/c1-14(2)24(16(4)17-8-6-5-7-9-17)19(25)13-23-20-18(12-22-23)10-15(3)11-21-20/h5-12,14,16H,13H2,1-4H3. The van der Waals surface area contributed by atoms with Crippen molar-refractivity contribution in [2.45, 2.75) is 46.3 Å². The number of benzene rings is 1. The van der Waals surface area contributed by atoms with E-state index >= 15 is 0 Å². The van der Waals surface area contributed by atoms with Gasteiger partial charge in [0, 0.05) is 17.6 Å². The zero-order valence-corrected chi connectivity index (χ0v) is 15.2. The van der Waals surface area contributed by atoms with Gasteiger partial charge in [-0.3, -0.25) is 4.79 Å². The predicted molar refractivity (Wildman–Crippen MR) is 99.1 cm³/mol. The molecule has 1 atom stereocenters. The number of nitrogens with zero attached hydrogens (tertiary/aromatic N) is 4. The molecule has 0 saturated heterocycles. The van der Waals surface area contributed by atoms with Gasteiger partial charge in [0.2, 0.25) is 5.91 Å². The zero-order valence-electron chi connectivity index (χ0n) is 15.2. The number of carbonyl (C=O) groups excluding carboxylic acids is 1. The van der Waals surface area contributed by atoms with Crippen LogP contribution in [0.5, 0.6) is 0 Å². The number of aromatic nitrogens is 3. The number of hydrogen-bond acceptors (Lipinski definition) is 3. The van der Waals surface area contributed by atoms with Gasteiger partial charge >= 0.3 is 0 Å². The first-order chi connectivity index (χ1) is 12.0. The highest BCUT2D eigenvalue weighted by molar-refractivity contribution is 5.80. The Hall–Kier alpha value is -2.69. The summed E-state index contributed by atoms with van der Waals surface area (Å²) < 4.78 is 1.68. The van der Waals surface area contributed by atoms with Crippen LogP contribution < -0.4 is 0 Å². The van der Waals surface area contributed by atoms with Crippen LogP contribution in [0.25, 0.3) is 11.0 Å². The highest BCUT2D eigenvalue weighted by atomic mass is 16.2. The van der Waals surface area contributed by atoms with Crippen molar-refractivity contribution in [3.05, 3.63) is 59.9 Å². The number of fused-ring (bicyclic) bond motifs is 1. The second-order valence-electron chi connectivity index (χ2n) is 6.71. The largest absolute Gasteiger partial charge is 0.332 e. The summed E-state index contributed by atoms with van der Waals surface area (Å²) in [6.45, 7) is 8.34. The third-order valence-electron chi connectivity index (χ3n) is 4.44. The van der Waals surface area contributed by atoms with Gasteiger partial charge in [-0.05, 0) is 44.9 Å². The normalized spacial score (nSPS) is 12.5. The molecule has 0 aliphatic carbocycles. The Morgan fingerprint density at radius 1 is 1.16 bits per heavy atom. The van der Waals surface area contributed by atoms with Crippen LogP contribution in [0, 0.1) is 6.92 Å². The Kier molecular flexibility index (Phi) is 4.83. The average Bonchev–Trinajstić information content (AvgIpc) is 2.97. The molecule has 1 aromatic carbocycles. The van der Waals surface area contributed by atoms with Crippen molar-refractivity contribution in [1.29, 1.82) is 0 Å². The minimum atomic E-state index is 0.00531. The third kappa shape index (κ3) is 3.55. The van der Waals surface area contributed by atoms with Gasteiger partial charge in [-0.15, -0.1) is 0 Å². The van der Waals surface area contributed by atoms with Crippen molar-refractivity contribution in [2.24, 2.45) is 0 Å². The van der Waals surface area contributed by atoms with E-state index in [2.05, 4.69) is 29.1 Å². The Bertz CT molecular complexity index is 870. The van der Waals surface area contributed by atoms with Crippen LogP contribution >= 0.6 is 0 Å². The van der Waals surface area contributed by atoms with Gasteiger partial charge in [-0.1, -0.05) is 30.3 Å². The molecule has 3 rings (SSSR count). The summed E-state index contributed by atoms with van der Waals surface area (Å²) in [5, 5.41) is 5.32. The maximum atomic E-state index is 13.0. The summed E-state index contributed by atoms with van der Waals surface area (Å²) in [6, 6.07) is 12.2. The maximum absolute atomic E-state index is 13.0. The summed E-state index contributed by atoms with van der Waals surface area (Å²) in [6.07, 6.45) is 3.57. The molecular weight excluding hydrogens is 312 g/mol. The lowest BCUT2D eigenvalue weighted by molar-refractivity contribution is -0.136. The fourth-order valence-electron chi connectivity index (χ4n) is 3.25. The third-order valence-corrected chi connectivity index (χ3v) is 4.44. The van der Waals surface area contributed by atoms with E-state index in [0.29, 0.717) is 0 Å². The molecule has 0 saturated carbocycles. The van der Waals surface area contributed by atoms with Crippen molar-refractivity contribution in [3.63, 3.8) is 0 Å². The van der Waals surface area contributed by atoms with E-state index in [0.717, 1.165) is 22.2 Å². The van der Waals surface area contributed by atoms with Crippen LogP contribution in [-0.2, 0) is 11.3 Å². The molecule has 1 amide bonds. The smallest absolute Gasteiger partial charge is 0.245 e. The van der Waals surface area contributed by atoms with Crippen LogP contribution in [0.4, 0.5) is 0 Å². The van der Waals surface area contributed by atoms with Crippen molar-refractivity contribution in [1.82, 2.24) is 19.7 Å². The van der Waals surface area contributed by atoms with Crippen molar-refractivity contribution in [2.75, 3.05) is 0 Å². The van der Waals surface area contributed by atoms with E-state index < -0.39 is 0 Å². The van der Waals surface area contributed by atoms with Gasteiger partial charge < -0.3 is 4.90 Å². The second-order valence-corrected chi connectivity index (χ2v) is 6.71. The first kappa shape index (κ1) is 17.1. The predicted octanol–water partition coefficient (Wildman–Crippen LogP) is 3.74. The molecule has 2 heterocycles. The maximum Gasteiger partial charge on any atom is 0.245 e. The van der Waals surface area contributed by atoms with Gasteiger partial charge in [0.1, 0.15) is 6.54 Å². The number of hydrogen-bond donors (Lipinski definition) is 0. The number of pyridine rings is 1.